The van der Waals surface area contributed by atoms with Gasteiger partial charge in [0.1, 0.15) is 12.4 Å². The van der Waals surface area contributed by atoms with E-state index in [1.54, 1.807) is 0 Å². The van der Waals surface area contributed by atoms with Crippen LogP contribution in [0.15, 0.2) is 60.9 Å². The van der Waals surface area contributed by atoms with Crippen molar-refractivity contribution in [2.24, 2.45) is 0 Å². The van der Waals surface area contributed by atoms with Crippen molar-refractivity contribution >= 4 is 0 Å². The van der Waals surface area contributed by atoms with Gasteiger partial charge in [0, 0.05) is 11.8 Å². The van der Waals surface area contributed by atoms with Crippen molar-refractivity contribution in [2.75, 3.05) is 0 Å². The molecule has 0 radical (unpaired) electrons. The molecular formula is C33H46N2O. The molecule has 0 unspecified atom stereocenters. The Balaban J connectivity index is 1.37. The zero-order valence-corrected chi connectivity index (χ0v) is 22.7. The van der Waals surface area contributed by atoms with Gasteiger partial charge in [0.05, 0.1) is 17.6 Å². The highest BCUT2D eigenvalue weighted by Crippen LogP contribution is 2.21. The average Bonchev–Trinajstić information content (AvgIpc) is 2.93. The number of hydrogen-bond acceptors (Lipinski definition) is 3. The molecule has 0 aliphatic carbocycles. The molecule has 0 aliphatic heterocycles. The van der Waals surface area contributed by atoms with E-state index in [1.165, 1.54) is 94.6 Å². The lowest BCUT2D eigenvalue weighted by Gasteiger charge is -2.09. The Bertz CT molecular complexity index is 948. The summed E-state index contributed by atoms with van der Waals surface area (Å²) in [7, 11) is 0. The van der Waals surface area contributed by atoms with Crippen molar-refractivity contribution in [1.82, 2.24) is 9.97 Å². The highest BCUT2D eigenvalue weighted by molar-refractivity contribution is 5.59. The highest BCUT2D eigenvalue weighted by atomic mass is 16.5. The van der Waals surface area contributed by atoms with E-state index in [2.05, 4.69) is 60.2 Å². The summed E-state index contributed by atoms with van der Waals surface area (Å²) >= 11 is 0. The second-order valence-corrected chi connectivity index (χ2v) is 10.1. The molecule has 0 atom stereocenters. The van der Waals surface area contributed by atoms with Gasteiger partial charge < -0.3 is 4.74 Å². The summed E-state index contributed by atoms with van der Waals surface area (Å²) in [4.78, 5) is 9.28. The number of unbranched alkanes of at least 4 members (excludes halogenated alkanes) is 10. The second kappa shape index (κ2) is 16.9. The molecule has 3 aromatic rings. The van der Waals surface area contributed by atoms with Gasteiger partial charge in [-0.05, 0) is 61.1 Å². The fraction of sp³-hybridized carbons (Fsp3) is 0.515. The van der Waals surface area contributed by atoms with E-state index in [1.807, 2.05) is 24.5 Å². The minimum atomic E-state index is 0.587. The molecule has 3 heteroatoms. The fourth-order valence-corrected chi connectivity index (χ4v) is 4.52. The Labute approximate surface area is 219 Å². The first-order chi connectivity index (χ1) is 17.8. The lowest BCUT2D eigenvalue weighted by molar-refractivity contribution is 0.306. The van der Waals surface area contributed by atoms with Crippen molar-refractivity contribution in [1.29, 1.82) is 0 Å². The third-order valence-corrected chi connectivity index (χ3v) is 6.89. The van der Waals surface area contributed by atoms with Crippen LogP contribution >= 0.6 is 0 Å². The van der Waals surface area contributed by atoms with Gasteiger partial charge in [0.15, 0.2) is 0 Å². The number of aryl methyl sites for hydroxylation is 2. The van der Waals surface area contributed by atoms with Gasteiger partial charge in [0.2, 0.25) is 0 Å². The molecule has 3 rings (SSSR count). The molecule has 1 heterocycles. The predicted molar refractivity (Wildman–Crippen MR) is 152 cm³/mol. The molecule has 0 aliphatic rings. The number of rotatable bonds is 18. The van der Waals surface area contributed by atoms with E-state index in [-0.39, 0.29) is 0 Å². The Morgan fingerprint density at radius 2 is 1.14 bits per heavy atom. The van der Waals surface area contributed by atoms with Crippen LogP contribution < -0.4 is 4.74 Å². The van der Waals surface area contributed by atoms with Crippen LogP contribution in [0.3, 0.4) is 0 Å². The van der Waals surface area contributed by atoms with E-state index < -0.39 is 0 Å². The fourth-order valence-electron chi connectivity index (χ4n) is 4.52. The summed E-state index contributed by atoms with van der Waals surface area (Å²) in [5, 5.41) is 0. The molecule has 36 heavy (non-hydrogen) atoms. The number of aromatic nitrogens is 2. The minimum Gasteiger partial charge on any atom is -0.489 e. The molecule has 0 spiro atoms. The third-order valence-electron chi connectivity index (χ3n) is 6.89. The van der Waals surface area contributed by atoms with Crippen LogP contribution in [-0.4, -0.2) is 9.97 Å². The van der Waals surface area contributed by atoms with Gasteiger partial charge in [-0.2, -0.15) is 0 Å². The van der Waals surface area contributed by atoms with Crippen molar-refractivity contribution in [2.45, 2.75) is 110 Å². The van der Waals surface area contributed by atoms with Crippen LogP contribution in [0.5, 0.6) is 5.75 Å². The molecular weight excluding hydrogens is 440 g/mol. The van der Waals surface area contributed by atoms with Crippen LogP contribution in [0.2, 0.25) is 0 Å². The molecule has 194 valence electrons. The first kappa shape index (κ1) is 27.9. The Morgan fingerprint density at radius 3 is 1.75 bits per heavy atom. The zero-order valence-electron chi connectivity index (χ0n) is 22.7. The van der Waals surface area contributed by atoms with Crippen molar-refractivity contribution in [3.05, 3.63) is 77.7 Å². The van der Waals surface area contributed by atoms with Gasteiger partial charge in [-0.25, -0.2) is 0 Å². The monoisotopic (exact) mass is 486 g/mol. The SMILES string of the molecule is CCCCCCCCc1ccc(COc2ccc(-c3cnc(CCCCCCCC)cn3)cc2)cc1. The van der Waals surface area contributed by atoms with Gasteiger partial charge in [-0.15, -0.1) is 0 Å². The lowest BCUT2D eigenvalue weighted by Crippen LogP contribution is -1.96. The standard InChI is InChI=1S/C33H46N2O/c1-3-5-7-9-11-13-15-28-17-19-29(20-18-28)27-36-32-23-21-30(22-24-32)33-26-34-31(25-35-33)16-14-12-10-8-6-4-2/h17-26H,3-16,27H2,1-2H3. The zero-order chi connectivity index (χ0) is 25.3. The first-order valence-electron chi connectivity index (χ1n) is 14.4. The molecule has 0 N–H and O–H groups in total. The van der Waals surface area contributed by atoms with Gasteiger partial charge in [-0.1, -0.05) is 102 Å². The van der Waals surface area contributed by atoms with E-state index >= 15 is 0 Å². The molecule has 0 saturated heterocycles. The van der Waals surface area contributed by atoms with Crippen molar-refractivity contribution in [3.63, 3.8) is 0 Å². The normalized spacial score (nSPS) is 11.1. The average molecular weight is 487 g/mol. The van der Waals surface area contributed by atoms with E-state index in [0.29, 0.717) is 6.61 Å². The van der Waals surface area contributed by atoms with Gasteiger partial charge >= 0.3 is 0 Å². The molecule has 0 amide bonds. The molecule has 3 nitrogen and oxygen atoms in total. The van der Waals surface area contributed by atoms with Gasteiger partial charge in [-0.3, -0.25) is 9.97 Å². The summed E-state index contributed by atoms with van der Waals surface area (Å²) < 4.78 is 6.02. The van der Waals surface area contributed by atoms with Crippen molar-refractivity contribution in [3.8, 4) is 17.0 Å². The van der Waals surface area contributed by atoms with Crippen LogP contribution in [0.25, 0.3) is 11.3 Å². The maximum atomic E-state index is 6.02. The number of ether oxygens (including phenoxy) is 1. The van der Waals surface area contributed by atoms with Gasteiger partial charge in [0.25, 0.3) is 0 Å². The molecule has 0 saturated carbocycles. The summed E-state index contributed by atoms with van der Waals surface area (Å²) in [5.41, 5.74) is 5.71. The maximum absolute atomic E-state index is 6.02. The lowest BCUT2D eigenvalue weighted by atomic mass is 10.0. The quantitative estimate of drug-likeness (QED) is 0.168. The van der Waals surface area contributed by atoms with Crippen molar-refractivity contribution < 1.29 is 4.74 Å². The van der Waals surface area contributed by atoms with Crippen LogP contribution in [0.4, 0.5) is 0 Å². The minimum absolute atomic E-state index is 0.587. The molecule has 0 bridgehead atoms. The maximum Gasteiger partial charge on any atom is 0.119 e. The highest BCUT2D eigenvalue weighted by Gasteiger charge is 2.04. The first-order valence-corrected chi connectivity index (χ1v) is 14.4. The number of hydrogen-bond donors (Lipinski definition) is 0. The van der Waals surface area contributed by atoms with E-state index in [4.69, 9.17) is 4.74 Å². The predicted octanol–water partition coefficient (Wildman–Crippen LogP) is 9.53. The smallest absolute Gasteiger partial charge is 0.119 e. The molecule has 1 aromatic heterocycles. The Kier molecular flexibility index (Phi) is 13.1. The second-order valence-electron chi connectivity index (χ2n) is 10.1. The van der Waals surface area contributed by atoms with Crippen LogP contribution in [0.1, 0.15) is 108 Å². The summed E-state index contributed by atoms with van der Waals surface area (Å²) in [6, 6.07) is 17.1. The van der Waals surface area contributed by atoms with Crippen LogP contribution in [0, 0.1) is 0 Å². The largest absolute Gasteiger partial charge is 0.489 e. The summed E-state index contributed by atoms with van der Waals surface area (Å²) in [6.45, 7) is 5.12. The number of nitrogens with zero attached hydrogens (tertiary/aromatic N) is 2. The summed E-state index contributed by atoms with van der Waals surface area (Å²) in [6.07, 6.45) is 21.9. The third kappa shape index (κ3) is 10.5. The summed E-state index contributed by atoms with van der Waals surface area (Å²) in [5.74, 6) is 0.877. The molecule has 2 aromatic carbocycles. The van der Waals surface area contributed by atoms with E-state index in [9.17, 15) is 0 Å². The number of benzene rings is 2. The Morgan fingerprint density at radius 1 is 0.556 bits per heavy atom. The Hall–Kier alpha value is -2.68. The van der Waals surface area contributed by atoms with E-state index in [0.717, 1.165) is 29.1 Å². The molecule has 0 fully saturated rings. The topological polar surface area (TPSA) is 35.0 Å². The van der Waals surface area contributed by atoms with Crippen LogP contribution in [-0.2, 0) is 19.4 Å².